The Morgan fingerprint density at radius 3 is 2.36 bits per heavy atom. The molecule has 4 fully saturated rings. The summed E-state index contributed by atoms with van der Waals surface area (Å²) < 4.78 is 0. The lowest BCUT2D eigenvalue weighted by Crippen LogP contribution is -2.69. The Kier molecular flexibility index (Phi) is 1.04. The van der Waals surface area contributed by atoms with E-state index in [-0.39, 0.29) is 0 Å². The second-order valence-electron chi connectivity index (χ2n) is 4.42. The van der Waals surface area contributed by atoms with Crippen LogP contribution in [0, 0.1) is 11.8 Å². The van der Waals surface area contributed by atoms with Gasteiger partial charge in [0.25, 0.3) is 0 Å². The van der Waals surface area contributed by atoms with Crippen molar-refractivity contribution < 1.29 is 5.11 Å². The van der Waals surface area contributed by atoms with Crippen LogP contribution in [0.2, 0.25) is 0 Å². The zero-order valence-electron chi connectivity index (χ0n) is 6.58. The third-order valence-corrected chi connectivity index (χ3v) is 3.24. The van der Waals surface area contributed by atoms with Gasteiger partial charge in [0.15, 0.2) is 0 Å². The van der Waals surface area contributed by atoms with Crippen LogP contribution in [-0.2, 0) is 0 Å². The molecule has 2 atom stereocenters. The normalized spacial score (nSPS) is 60.3. The Bertz CT molecular complexity index is 157. The summed E-state index contributed by atoms with van der Waals surface area (Å²) in [6.45, 7) is 2.30. The largest absolute Gasteiger partial charge is 0.375 e. The predicted octanol–water partition coefficient (Wildman–Crippen LogP) is -0.0749. The molecule has 1 aliphatic carbocycles. The number of piperidine rings is 1. The van der Waals surface area contributed by atoms with E-state index < -0.39 is 5.72 Å². The Morgan fingerprint density at radius 2 is 1.91 bits per heavy atom. The fraction of sp³-hybridized carbons (Fsp3) is 1.00. The molecular formula is C8H14N2O. The van der Waals surface area contributed by atoms with Gasteiger partial charge in [0.2, 0.25) is 0 Å². The summed E-state index contributed by atoms with van der Waals surface area (Å²) in [5.74, 6) is 1.52. The fourth-order valence-electron chi connectivity index (χ4n) is 3.13. The summed E-state index contributed by atoms with van der Waals surface area (Å²) in [4.78, 5) is 0. The summed E-state index contributed by atoms with van der Waals surface area (Å²) >= 11 is 0. The van der Waals surface area contributed by atoms with Crippen LogP contribution in [0.1, 0.15) is 19.3 Å². The molecule has 0 radical (unpaired) electrons. The molecule has 62 valence electrons. The molecule has 3 heteroatoms. The Labute approximate surface area is 66.4 Å². The maximum Gasteiger partial charge on any atom is 0.129 e. The van der Waals surface area contributed by atoms with Gasteiger partial charge in [-0.15, -0.1) is 0 Å². The first kappa shape index (κ1) is 6.40. The van der Waals surface area contributed by atoms with Crippen molar-refractivity contribution in [1.82, 2.24) is 10.4 Å². The van der Waals surface area contributed by atoms with Crippen molar-refractivity contribution in [2.75, 3.05) is 13.1 Å². The van der Waals surface area contributed by atoms with Crippen molar-refractivity contribution in [2.24, 2.45) is 11.8 Å². The van der Waals surface area contributed by atoms with Crippen LogP contribution in [0.4, 0.5) is 0 Å². The van der Waals surface area contributed by atoms with E-state index >= 15 is 0 Å². The lowest BCUT2D eigenvalue weighted by Gasteiger charge is -2.56. The quantitative estimate of drug-likeness (QED) is 0.512. The van der Waals surface area contributed by atoms with Crippen molar-refractivity contribution in [3.8, 4) is 0 Å². The highest BCUT2D eigenvalue weighted by Crippen LogP contribution is 2.42. The zero-order valence-corrected chi connectivity index (χ0v) is 6.58. The third-order valence-electron chi connectivity index (χ3n) is 3.24. The van der Waals surface area contributed by atoms with Crippen molar-refractivity contribution >= 4 is 0 Å². The molecule has 2 N–H and O–H groups in total. The minimum Gasteiger partial charge on any atom is -0.375 e. The van der Waals surface area contributed by atoms with Crippen molar-refractivity contribution in [2.45, 2.75) is 25.0 Å². The first-order valence-electron chi connectivity index (χ1n) is 4.49. The molecule has 4 aliphatic rings. The highest BCUT2D eigenvalue weighted by Gasteiger charge is 2.48. The average Bonchev–Trinajstić information content (AvgIpc) is 1.79. The molecule has 3 saturated heterocycles. The van der Waals surface area contributed by atoms with E-state index in [0.717, 1.165) is 37.8 Å². The third kappa shape index (κ3) is 0.849. The maximum atomic E-state index is 9.95. The smallest absolute Gasteiger partial charge is 0.129 e. The zero-order chi connectivity index (χ0) is 7.47. The standard InChI is InChI=1S/C8H14N2O/c11-8-2-6-1-7(3-8)5-10(4-6)9-8/h6-7,9,11H,1-5H2. The lowest BCUT2D eigenvalue weighted by molar-refractivity contribution is -0.194. The van der Waals surface area contributed by atoms with Gasteiger partial charge in [-0.3, -0.25) is 0 Å². The van der Waals surface area contributed by atoms with Gasteiger partial charge in [-0.2, -0.15) is 0 Å². The van der Waals surface area contributed by atoms with Crippen molar-refractivity contribution in [3.05, 3.63) is 0 Å². The lowest BCUT2D eigenvalue weighted by atomic mass is 9.72. The summed E-state index contributed by atoms with van der Waals surface area (Å²) in [6.07, 6.45) is 3.29. The summed E-state index contributed by atoms with van der Waals surface area (Å²) in [7, 11) is 0. The second kappa shape index (κ2) is 1.79. The van der Waals surface area contributed by atoms with E-state index in [0.29, 0.717) is 0 Å². The maximum absolute atomic E-state index is 9.95. The van der Waals surface area contributed by atoms with Gasteiger partial charge in [-0.05, 0) is 31.1 Å². The van der Waals surface area contributed by atoms with Crippen LogP contribution in [0.25, 0.3) is 0 Å². The number of nitrogens with one attached hydrogen (secondary N) is 1. The highest BCUT2D eigenvalue weighted by atomic mass is 16.3. The SMILES string of the molecule is OC12CC3CC(CN(C3)N1)C2. The van der Waals surface area contributed by atoms with Crippen LogP contribution in [0.15, 0.2) is 0 Å². The summed E-state index contributed by atoms with van der Waals surface area (Å²) in [5, 5.41) is 12.1. The summed E-state index contributed by atoms with van der Waals surface area (Å²) in [5.41, 5.74) is 2.66. The number of aliphatic hydroxyl groups is 1. The number of hydrazine groups is 1. The number of hydrogen-bond donors (Lipinski definition) is 2. The number of hydrogen-bond acceptors (Lipinski definition) is 3. The molecule has 0 aromatic rings. The molecule has 4 bridgehead atoms. The molecule has 3 nitrogen and oxygen atoms in total. The van der Waals surface area contributed by atoms with Crippen LogP contribution in [-0.4, -0.2) is 28.9 Å². The van der Waals surface area contributed by atoms with Crippen molar-refractivity contribution in [3.63, 3.8) is 0 Å². The van der Waals surface area contributed by atoms with E-state index in [2.05, 4.69) is 10.4 Å². The topological polar surface area (TPSA) is 35.5 Å². The summed E-state index contributed by atoms with van der Waals surface area (Å²) in [6, 6.07) is 0. The predicted molar refractivity (Wildman–Crippen MR) is 40.5 cm³/mol. The van der Waals surface area contributed by atoms with Crippen LogP contribution in [0.5, 0.6) is 0 Å². The number of nitrogens with zero attached hydrogens (tertiary/aromatic N) is 1. The van der Waals surface area contributed by atoms with Gasteiger partial charge >= 0.3 is 0 Å². The number of rotatable bonds is 0. The van der Waals surface area contributed by atoms with Gasteiger partial charge in [0.1, 0.15) is 5.72 Å². The molecule has 11 heavy (non-hydrogen) atoms. The van der Waals surface area contributed by atoms with Crippen molar-refractivity contribution in [1.29, 1.82) is 0 Å². The van der Waals surface area contributed by atoms with E-state index in [9.17, 15) is 5.11 Å². The van der Waals surface area contributed by atoms with Gasteiger partial charge in [0.05, 0.1) is 0 Å². The molecular weight excluding hydrogens is 140 g/mol. The minimum atomic E-state index is -0.524. The Balaban J connectivity index is 1.94. The fourth-order valence-corrected chi connectivity index (χ4v) is 3.13. The van der Waals surface area contributed by atoms with Gasteiger partial charge < -0.3 is 5.11 Å². The first-order valence-corrected chi connectivity index (χ1v) is 4.49. The molecule has 0 amide bonds. The van der Waals surface area contributed by atoms with E-state index in [1.165, 1.54) is 6.42 Å². The van der Waals surface area contributed by atoms with Gasteiger partial charge in [-0.25, -0.2) is 10.4 Å². The molecule has 4 rings (SSSR count). The van der Waals surface area contributed by atoms with Crippen LogP contribution >= 0.6 is 0 Å². The van der Waals surface area contributed by atoms with E-state index in [1.807, 2.05) is 0 Å². The Hall–Kier alpha value is -0.120. The molecule has 2 unspecified atom stereocenters. The van der Waals surface area contributed by atoms with E-state index in [4.69, 9.17) is 0 Å². The molecule has 0 spiro atoms. The highest BCUT2D eigenvalue weighted by molar-refractivity contribution is 4.97. The minimum absolute atomic E-state index is 0.524. The van der Waals surface area contributed by atoms with E-state index in [1.54, 1.807) is 0 Å². The Morgan fingerprint density at radius 1 is 1.27 bits per heavy atom. The average molecular weight is 154 g/mol. The molecule has 3 aliphatic heterocycles. The second-order valence-corrected chi connectivity index (χ2v) is 4.42. The molecule has 0 aromatic heterocycles. The molecule has 3 heterocycles. The molecule has 1 saturated carbocycles. The van der Waals surface area contributed by atoms with Crippen LogP contribution in [0.3, 0.4) is 0 Å². The molecule has 0 aromatic carbocycles. The monoisotopic (exact) mass is 154 g/mol. The van der Waals surface area contributed by atoms with Gasteiger partial charge in [-0.1, -0.05) is 0 Å². The first-order chi connectivity index (χ1) is 5.23. The van der Waals surface area contributed by atoms with Crippen LogP contribution < -0.4 is 5.43 Å². The van der Waals surface area contributed by atoms with Gasteiger partial charge in [0, 0.05) is 13.1 Å².